The highest BCUT2D eigenvalue weighted by Gasteiger charge is 2.44. The van der Waals surface area contributed by atoms with Crippen LogP contribution in [0, 0.1) is 0 Å². The van der Waals surface area contributed by atoms with Crippen LogP contribution in [0.3, 0.4) is 0 Å². The number of carboxylic acids is 1. The van der Waals surface area contributed by atoms with Crippen LogP contribution in [0.1, 0.15) is 25.0 Å². The van der Waals surface area contributed by atoms with Gasteiger partial charge in [-0.25, -0.2) is 4.79 Å². The van der Waals surface area contributed by atoms with Gasteiger partial charge in [0.2, 0.25) is 5.91 Å². The summed E-state index contributed by atoms with van der Waals surface area (Å²) in [6.07, 6.45) is 0.265. The van der Waals surface area contributed by atoms with Crippen molar-refractivity contribution in [1.82, 2.24) is 5.32 Å². The molecule has 1 fully saturated rings. The normalized spacial score (nSPS) is 22.6. The number of rotatable bonds is 4. The molecule has 1 amide bonds. The van der Waals surface area contributed by atoms with Gasteiger partial charge in [0.25, 0.3) is 0 Å². The molecule has 6 nitrogen and oxygen atoms in total. The molecule has 1 aromatic carbocycles. The van der Waals surface area contributed by atoms with Gasteiger partial charge >= 0.3 is 5.97 Å². The van der Waals surface area contributed by atoms with Crippen LogP contribution in [-0.4, -0.2) is 35.7 Å². The standard InChI is InChI=1S/C16H17NO5/c1-10(13-8-11-4-2-3-5-12(11)22-13)14(18)17-16(15(19)20)6-7-21-9-16/h2-5,8,10H,6-7,9H2,1H3,(H,17,18)(H,19,20). The Morgan fingerprint density at radius 2 is 2.14 bits per heavy atom. The van der Waals surface area contributed by atoms with Crippen molar-refractivity contribution in [3.05, 3.63) is 36.1 Å². The second kappa shape index (κ2) is 5.46. The molecule has 0 aliphatic carbocycles. The van der Waals surface area contributed by atoms with E-state index in [9.17, 15) is 14.7 Å². The van der Waals surface area contributed by atoms with E-state index in [1.54, 1.807) is 13.0 Å². The number of hydrogen-bond donors (Lipinski definition) is 2. The number of hydrogen-bond acceptors (Lipinski definition) is 4. The Kier molecular flexibility index (Phi) is 3.62. The first-order valence-electron chi connectivity index (χ1n) is 7.13. The van der Waals surface area contributed by atoms with Gasteiger partial charge in [-0.2, -0.15) is 0 Å². The predicted octanol–water partition coefficient (Wildman–Crippen LogP) is 1.90. The Labute approximate surface area is 127 Å². The quantitative estimate of drug-likeness (QED) is 0.900. The van der Waals surface area contributed by atoms with Gasteiger partial charge in [-0.15, -0.1) is 0 Å². The van der Waals surface area contributed by atoms with E-state index in [1.165, 1.54) is 0 Å². The van der Waals surface area contributed by atoms with Crippen molar-refractivity contribution in [2.45, 2.75) is 24.8 Å². The fourth-order valence-electron chi connectivity index (χ4n) is 2.57. The van der Waals surface area contributed by atoms with E-state index in [0.29, 0.717) is 18.0 Å². The van der Waals surface area contributed by atoms with Crippen LogP contribution >= 0.6 is 0 Å². The summed E-state index contributed by atoms with van der Waals surface area (Å²) in [5, 5.41) is 12.9. The predicted molar refractivity (Wildman–Crippen MR) is 78.6 cm³/mol. The third-order valence-electron chi connectivity index (χ3n) is 4.06. The van der Waals surface area contributed by atoms with Crippen molar-refractivity contribution >= 4 is 22.8 Å². The summed E-state index contributed by atoms with van der Waals surface area (Å²) in [7, 11) is 0. The van der Waals surface area contributed by atoms with Crippen LogP contribution in [0.25, 0.3) is 11.0 Å². The van der Waals surface area contributed by atoms with Gasteiger partial charge in [-0.1, -0.05) is 18.2 Å². The molecule has 2 aromatic rings. The molecule has 1 aromatic heterocycles. The Hall–Kier alpha value is -2.34. The smallest absolute Gasteiger partial charge is 0.331 e. The van der Waals surface area contributed by atoms with Crippen molar-refractivity contribution in [3.8, 4) is 0 Å². The number of fused-ring (bicyclic) bond motifs is 1. The Balaban J connectivity index is 1.80. The van der Waals surface area contributed by atoms with Gasteiger partial charge in [0, 0.05) is 18.4 Å². The molecule has 6 heteroatoms. The lowest BCUT2D eigenvalue weighted by atomic mass is 9.97. The summed E-state index contributed by atoms with van der Waals surface area (Å²) < 4.78 is 10.8. The van der Waals surface area contributed by atoms with Crippen LogP contribution < -0.4 is 5.32 Å². The highest BCUT2D eigenvalue weighted by molar-refractivity contribution is 5.91. The van der Waals surface area contributed by atoms with Crippen LogP contribution in [0.15, 0.2) is 34.7 Å². The van der Waals surface area contributed by atoms with Crippen LogP contribution in [0.2, 0.25) is 0 Å². The van der Waals surface area contributed by atoms with E-state index in [0.717, 1.165) is 5.39 Å². The number of para-hydroxylation sites is 1. The molecule has 0 bridgehead atoms. The van der Waals surface area contributed by atoms with Crippen molar-refractivity contribution in [2.75, 3.05) is 13.2 Å². The largest absolute Gasteiger partial charge is 0.479 e. The number of carbonyl (C=O) groups excluding carboxylic acids is 1. The maximum absolute atomic E-state index is 12.4. The first-order valence-corrected chi connectivity index (χ1v) is 7.13. The second-order valence-electron chi connectivity index (χ2n) is 5.59. The fourth-order valence-corrected chi connectivity index (χ4v) is 2.57. The first-order chi connectivity index (χ1) is 10.5. The zero-order chi connectivity index (χ0) is 15.7. The molecule has 2 N–H and O–H groups in total. The second-order valence-corrected chi connectivity index (χ2v) is 5.59. The molecule has 1 aliphatic heterocycles. The number of ether oxygens (including phenoxy) is 1. The molecule has 116 valence electrons. The third-order valence-corrected chi connectivity index (χ3v) is 4.06. The summed E-state index contributed by atoms with van der Waals surface area (Å²) in [6.45, 7) is 2.00. The Morgan fingerprint density at radius 1 is 1.36 bits per heavy atom. The minimum Gasteiger partial charge on any atom is -0.479 e. The summed E-state index contributed by atoms with van der Waals surface area (Å²) in [4.78, 5) is 23.8. The summed E-state index contributed by atoms with van der Waals surface area (Å²) >= 11 is 0. The molecule has 0 saturated carbocycles. The average molecular weight is 303 g/mol. The number of carbonyl (C=O) groups is 2. The number of carboxylic acid groups (broad SMARTS) is 1. The van der Waals surface area contributed by atoms with E-state index < -0.39 is 17.4 Å². The molecule has 22 heavy (non-hydrogen) atoms. The van der Waals surface area contributed by atoms with Gasteiger partial charge < -0.3 is 19.6 Å². The molecule has 3 rings (SSSR count). The maximum Gasteiger partial charge on any atom is 0.331 e. The van der Waals surface area contributed by atoms with E-state index in [-0.39, 0.29) is 18.9 Å². The van der Waals surface area contributed by atoms with Gasteiger partial charge in [-0.3, -0.25) is 4.79 Å². The van der Waals surface area contributed by atoms with Crippen LogP contribution in [0.4, 0.5) is 0 Å². The van der Waals surface area contributed by atoms with Crippen molar-refractivity contribution < 1.29 is 23.8 Å². The van der Waals surface area contributed by atoms with Crippen molar-refractivity contribution in [1.29, 1.82) is 0 Å². The Bertz CT molecular complexity index is 681. The molecule has 2 atom stereocenters. The lowest BCUT2D eigenvalue weighted by Gasteiger charge is -2.25. The van der Waals surface area contributed by atoms with Crippen molar-refractivity contribution in [3.63, 3.8) is 0 Å². The van der Waals surface area contributed by atoms with Crippen LogP contribution in [0.5, 0.6) is 0 Å². The minimum atomic E-state index is -1.34. The molecule has 2 heterocycles. The molecule has 0 spiro atoms. The number of benzene rings is 1. The number of amides is 1. The summed E-state index contributed by atoms with van der Waals surface area (Å²) in [5.41, 5.74) is -0.633. The first kappa shape index (κ1) is 14.6. The molecule has 1 aliphatic rings. The lowest BCUT2D eigenvalue weighted by Crippen LogP contribution is -2.56. The van der Waals surface area contributed by atoms with Gasteiger partial charge in [0.05, 0.1) is 12.5 Å². The molecular formula is C16H17NO5. The van der Waals surface area contributed by atoms with Gasteiger partial charge in [0.1, 0.15) is 11.3 Å². The van der Waals surface area contributed by atoms with E-state index in [1.807, 2.05) is 24.3 Å². The van der Waals surface area contributed by atoms with Crippen LogP contribution in [-0.2, 0) is 14.3 Å². The van der Waals surface area contributed by atoms with Crippen molar-refractivity contribution in [2.24, 2.45) is 0 Å². The fraction of sp³-hybridized carbons (Fsp3) is 0.375. The molecular weight excluding hydrogens is 286 g/mol. The molecule has 0 radical (unpaired) electrons. The topological polar surface area (TPSA) is 88.8 Å². The number of aliphatic carboxylic acids is 1. The number of furan rings is 1. The Morgan fingerprint density at radius 3 is 2.77 bits per heavy atom. The minimum absolute atomic E-state index is 0.0130. The molecule has 2 unspecified atom stereocenters. The van der Waals surface area contributed by atoms with Gasteiger partial charge in [-0.05, 0) is 19.1 Å². The lowest BCUT2D eigenvalue weighted by molar-refractivity contribution is -0.147. The van der Waals surface area contributed by atoms with E-state index >= 15 is 0 Å². The zero-order valence-corrected chi connectivity index (χ0v) is 12.2. The SMILES string of the molecule is CC(C(=O)NC1(C(=O)O)CCOC1)c1cc2ccccc2o1. The van der Waals surface area contributed by atoms with Gasteiger partial charge in [0.15, 0.2) is 5.54 Å². The van der Waals surface area contributed by atoms with E-state index in [4.69, 9.17) is 9.15 Å². The van der Waals surface area contributed by atoms with E-state index in [2.05, 4.69) is 5.32 Å². The monoisotopic (exact) mass is 303 g/mol. The average Bonchev–Trinajstić information content (AvgIpc) is 3.13. The molecule has 1 saturated heterocycles. The summed E-state index contributed by atoms with van der Waals surface area (Å²) in [5.74, 6) is -1.52. The highest BCUT2D eigenvalue weighted by Crippen LogP contribution is 2.26. The third kappa shape index (κ3) is 2.46. The highest BCUT2D eigenvalue weighted by atomic mass is 16.5. The summed E-state index contributed by atoms with van der Waals surface area (Å²) in [6, 6.07) is 9.28. The zero-order valence-electron chi connectivity index (χ0n) is 12.2. The maximum atomic E-state index is 12.4. The number of nitrogens with one attached hydrogen (secondary N) is 1.